The zero-order chi connectivity index (χ0) is 20.8. The Labute approximate surface area is 182 Å². The Morgan fingerprint density at radius 3 is 2.55 bits per heavy atom. The van der Waals surface area contributed by atoms with Crippen molar-refractivity contribution in [3.05, 3.63) is 48.2 Å². The summed E-state index contributed by atoms with van der Waals surface area (Å²) in [4.78, 5) is 24.9. The lowest BCUT2D eigenvalue weighted by molar-refractivity contribution is -0.132. The van der Waals surface area contributed by atoms with Crippen LogP contribution in [0.15, 0.2) is 42.6 Å². The number of hydrogen-bond donors (Lipinski definition) is 1. The predicted molar refractivity (Wildman–Crippen MR) is 121 cm³/mol. The van der Waals surface area contributed by atoms with Crippen molar-refractivity contribution in [2.45, 2.75) is 25.2 Å². The van der Waals surface area contributed by atoms with Gasteiger partial charge in [-0.25, -0.2) is 4.98 Å². The molecule has 0 bridgehead atoms. The molecule has 6 rings (SSSR count). The van der Waals surface area contributed by atoms with Gasteiger partial charge in [-0.2, -0.15) is 0 Å². The minimum absolute atomic E-state index is 0.305. The summed E-state index contributed by atoms with van der Waals surface area (Å²) in [6.07, 6.45) is 5.14. The maximum absolute atomic E-state index is 12.4. The van der Waals surface area contributed by atoms with E-state index in [1.165, 1.54) is 16.8 Å². The number of carbonyl (C=O) groups excluding carboxylic acids is 1. The number of nitrogens with zero attached hydrogens (tertiary/aromatic N) is 3. The summed E-state index contributed by atoms with van der Waals surface area (Å²) in [5, 5.41) is 1.15. The van der Waals surface area contributed by atoms with Crippen molar-refractivity contribution in [1.29, 1.82) is 0 Å². The van der Waals surface area contributed by atoms with Gasteiger partial charge in [0, 0.05) is 67.6 Å². The molecule has 1 aliphatic carbocycles. The van der Waals surface area contributed by atoms with Gasteiger partial charge < -0.3 is 19.5 Å². The SMILES string of the molecule is O=C(C1CC1)N1CCN(c2ccnc3[nH]c(-c4ccc(C5CCOC5)cc4)cc23)CC1. The summed E-state index contributed by atoms with van der Waals surface area (Å²) in [6, 6.07) is 13.2. The second-order valence-electron chi connectivity index (χ2n) is 9.04. The third kappa shape index (κ3) is 3.59. The highest BCUT2D eigenvalue weighted by molar-refractivity contribution is 5.94. The second kappa shape index (κ2) is 7.68. The van der Waals surface area contributed by atoms with E-state index in [-0.39, 0.29) is 0 Å². The third-order valence-electron chi connectivity index (χ3n) is 6.99. The predicted octanol–water partition coefficient (Wildman–Crippen LogP) is 3.79. The smallest absolute Gasteiger partial charge is 0.225 e. The monoisotopic (exact) mass is 416 g/mol. The van der Waals surface area contributed by atoms with Crippen molar-refractivity contribution in [1.82, 2.24) is 14.9 Å². The number of piperazine rings is 1. The van der Waals surface area contributed by atoms with Crippen molar-refractivity contribution in [3.8, 4) is 11.3 Å². The molecule has 31 heavy (non-hydrogen) atoms. The number of nitrogens with one attached hydrogen (secondary N) is 1. The first-order valence-corrected chi connectivity index (χ1v) is 11.5. The fraction of sp³-hybridized carbons (Fsp3) is 0.440. The first-order valence-electron chi connectivity index (χ1n) is 11.5. The zero-order valence-electron chi connectivity index (χ0n) is 17.7. The molecule has 1 unspecified atom stereocenters. The first kappa shape index (κ1) is 18.9. The Morgan fingerprint density at radius 2 is 1.84 bits per heavy atom. The average Bonchev–Trinajstić information content (AvgIpc) is 3.33. The molecule has 6 nitrogen and oxygen atoms in total. The summed E-state index contributed by atoms with van der Waals surface area (Å²) in [7, 11) is 0. The Balaban J connectivity index is 1.22. The Morgan fingerprint density at radius 1 is 1.03 bits per heavy atom. The van der Waals surface area contributed by atoms with Crippen LogP contribution in [0.2, 0.25) is 0 Å². The van der Waals surface area contributed by atoms with E-state index in [1.807, 2.05) is 11.1 Å². The summed E-state index contributed by atoms with van der Waals surface area (Å²) >= 11 is 0. The molecule has 2 aliphatic heterocycles. The molecule has 160 valence electrons. The van der Waals surface area contributed by atoms with E-state index in [0.29, 0.717) is 17.7 Å². The van der Waals surface area contributed by atoms with Gasteiger partial charge in [0.05, 0.1) is 6.61 Å². The molecule has 1 amide bonds. The van der Waals surface area contributed by atoms with Crippen LogP contribution in [0, 0.1) is 5.92 Å². The lowest BCUT2D eigenvalue weighted by Crippen LogP contribution is -2.49. The highest BCUT2D eigenvalue weighted by Crippen LogP contribution is 2.34. The lowest BCUT2D eigenvalue weighted by Gasteiger charge is -2.36. The number of anilines is 1. The summed E-state index contributed by atoms with van der Waals surface area (Å²) in [6.45, 7) is 5.06. The van der Waals surface area contributed by atoms with Crippen LogP contribution in [0.25, 0.3) is 22.3 Å². The van der Waals surface area contributed by atoms with Crippen molar-refractivity contribution >= 4 is 22.6 Å². The fourth-order valence-electron chi connectivity index (χ4n) is 4.93. The molecule has 1 saturated carbocycles. The molecule has 3 aliphatic rings. The zero-order valence-corrected chi connectivity index (χ0v) is 17.7. The van der Waals surface area contributed by atoms with Crippen molar-refractivity contribution < 1.29 is 9.53 Å². The number of aromatic amines is 1. The molecule has 6 heteroatoms. The number of H-pyrrole nitrogens is 1. The van der Waals surface area contributed by atoms with E-state index in [1.54, 1.807) is 0 Å². The molecule has 3 fully saturated rings. The van der Waals surface area contributed by atoms with Gasteiger partial charge in [0.2, 0.25) is 5.91 Å². The minimum Gasteiger partial charge on any atom is -0.381 e. The molecule has 0 radical (unpaired) electrons. The molecule has 4 heterocycles. The van der Waals surface area contributed by atoms with E-state index in [4.69, 9.17) is 4.74 Å². The number of fused-ring (bicyclic) bond motifs is 1. The number of aromatic nitrogens is 2. The first-order chi connectivity index (χ1) is 15.3. The Kier molecular flexibility index (Phi) is 4.68. The van der Waals surface area contributed by atoms with Crippen LogP contribution in [0.4, 0.5) is 5.69 Å². The number of pyridine rings is 1. The molecular weight excluding hydrogens is 388 g/mol. The van der Waals surface area contributed by atoms with E-state index in [2.05, 4.69) is 51.3 Å². The second-order valence-corrected chi connectivity index (χ2v) is 9.04. The van der Waals surface area contributed by atoms with Crippen LogP contribution >= 0.6 is 0 Å². The van der Waals surface area contributed by atoms with Gasteiger partial charge in [-0.3, -0.25) is 4.79 Å². The number of carbonyl (C=O) groups is 1. The van der Waals surface area contributed by atoms with E-state index >= 15 is 0 Å². The molecule has 0 spiro atoms. The minimum atomic E-state index is 0.305. The molecule has 2 aromatic heterocycles. The summed E-state index contributed by atoms with van der Waals surface area (Å²) in [5.74, 6) is 1.19. The van der Waals surface area contributed by atoms with Gasteiger partial charge in [0.25, 0.3) is 0 Å². The maximum atomic E-state index is 12.4. The van der Waals surface area contributed by atoms with E-state index in [9.17, 15) is 4.79 Å². The fourth-order valence-corrected chi connectivity index (χ4v) is 4.93. The highest BCUT2D eigenvalue weighted by Gasteiger charge is 2.34. The standard InChI is InChI=1S/C25H28N4O2/c30-25(19-5-6-19)29-12-10-28(11-13-29)23-7-9-26-24-21(23)15-22(27-24)18-3-1-17(2-4-18)20-8-14-31-16-20/h1-4,7,9,15,19-20H,5-6,8,10-14,16H2,(H,26,27). The third-order valence-corrected chi connectivity index (χ3v) is 6.99. The van der Waals surface area contributed by atoms with Gasteiger partial charge in [-0.05, 0) is 42.5 Å². The van der Waals surface area contributed by atoms with E-state index < -0.39 is 0 Å². The van der Waals surface area contributed by atoms with Crippen LogP contribution in [-0.2, 0) is 9.53 Å². The number of amides is 1. The lowest BCUT2D eigenvalue weighted by atomic mass is 9.97. The number of benzene rings is 1. The van der Waals surface area contributed by atoms with Crippen LogP contribution in [-0.4, -0.2) is 60.2 Å². The van der Waals surface area contributed by atoms with Crippen molar-refractivity contribution in [2.24, 2.45) is 5.92 Å². The van der Waals surface area contributed by atoms with Crippen LogP contribution in [0.5, 0.6) is 0 Å². The largest absolute Gasteiger partial charge is 0.381 e. The van der Waals surface area contributed by atoms with E-state index in [0.717, 1.165) is 75.4 Å². The number of hydrogen-bond acceptors (Lipinski definition) is 4. The van der Waals surface area contributed by atoms with Crippen LogP contribution < -0.4 is 4.90 Å². The Hall–Kier alpha value is -2.86. The quantitative estimate of drug-likeness (QED) is 0.703. The molecular formula is C25H28N4O2. The number of rotatable bonds is 4. The molecule has 3 aromatic rings. The topological polar surface area (TPSA) is 61.5 Å². The normalized spacial score (nSPS) is 21.7. The van der Waals surface area contributed by atoms with Crippen LogP contribution in [0.3, 0.4) is 0 Å². The van der Waals surface area contributed by atoms with Gasteiger partial charge in [-0.15, -0.1) is 0 Å². The maximum Gasteiger partial charge on any atom is 0.225 e. The summed E-state index contributed by atoms with van der Waals surface area (Å²) < 4.78 is 5.53. The van der Waals surface area contributed by atoms with Crippen molar-refractivity contribution in [2.75, 3.05) is 44.3 Å². The van der Waals surface area contributed by atoms with Gasteiger partial charge in [0.1, 0.15) is 5.65 Å². The van der Waals surface area contributed by atoms with Crippen LogP contribution in [0.1, 0.15) is 30.7 Å². The number of ether oxygens (including phenoxy) is 1. The average molecular weight is 417 g/mol. The highest BCUT2D eigenvalue weighted by atomic mass is 16.5. The Bertz CT molecular complexity index is 1090. The molecule has 1 atom stereocenters. The molecule has 2 saturated heterocycles. The molecule has 1 aromatic carbocycles. The van der Waals surface area contributed by atoms with Gasteiger partial charge >= 0.3 is 0 Å². The van der Waals surface area contributed by atoms with Gasteiger partial charge in [-0.1, -0.05) is 24.3 Å². The van der Waals surface area contributed by atoms with Crippen molar-refractivity contribution in [3.63, 3.8) is 0 Å². The van der Waals surface area contributed by atoms with Gasteiger partial charge in [0.15, 0.2) is 0 Å². The summed E-state index contributed by atoms with van der Waals surface area (Å²) in [5.41, 5.74) is 5.73. The molecule has 1 N–H and O–H groups in total.